The summed E-state index contributed by atoms with van der Waals surface area (Å²) in [7, 11) is 1.22. The van der Waals surface area contributed by atoms with Crippen LogP contribution in [-0.4, -0.2) is 38.6 Å². The van der Waals surface area contributed by atoms with E-state index in [9.17, 15) is 24.6 Å². The van der Waals surface area contributed by atoms with Gasteiger partial charge in [0.05, 0.1) is 30.6 Å². The summed E-state index contributed by atoms with van der Waals surface area (Å²) < 4.78 is 11.9. The van der Waals surface area contributed by atoms with Crippen LogP contribution >= 0.6 is 0 Å². The average molecular weight is 434 g/mol. The second-order valence-corrected chi connectivity index (χ2v) is 7.00. The van der Waals surface area contributed by atoms with Gasteiger partial charge in [-0.3, -0.25) is 14.0 Å². The summed E-state index contributed by atoms with van der Waals surface area (Å²) in [4.78, 5) is 40.6. The molecule has 1 aromatic carbocycles. The Bertz CT molecular complexity index is 1390. The molecule has 0 aliphatic carbocycles. The predicted octanol–water partition coefficient (Wildman–Crippen LogP) is 3.05. The molecule has 4 rings (SSSR count). The minimum Gasteiger partial charge on any atom is -0.493 e. The fourth-order valence-electron chi connectivity index (χ4n) is 3.49. The van der Waals surface area contributed by atoms with E-state index in [4.69, 9.17) is 9.15 Å². The van der Waals surface area contributed by atoms with E-state index in [-0.39, 0.29) is 29.0 Å². The van der Waals surface area contributed by atoms with Gasteiger partial charge >= 0.3 is 11.9 Å². The number of aromatic hydroxyl groups is 1. The highest BCUT2D eigenvalue weighted by atomic mass is 16.5. The first kappa shape index (κ1) is 20.9. The van der Waals surface area contributed by atoms with Crippen molar-refractivity contribution >= 4 is 17.6 Å². The van der Waals surface area contributed by atoms with Crippen molar-refractivity contribution in [2.24, 2.45) is 0 Å². The third-order valence-corrected chi connectivity index (χ3v) is 5.06. The van der Waals surface area contributed by atoms with Gasteiger partial charge in [0.2, 0.25) is 5.88 Å². The molecule has 1 atom stereocenters. The summed E-state index contributed by atoms with van der Waals surface area (Å²) in [5, 5.41) is 19.8. The number of aromatic carboxylic acids is 1. The van der Waals surface area contributed by atoms with Gasteiger partial charge in [0, 0.05) is 11.8 Å². The molecule has 9 nitrogen and oxygen atoms in total. The minimum atomic E-state index is -1.08. The average Bonchev–Trinajstić information content (AvgIpc) is 3.28. The van der Waals surface area contributed by atoms with E-state index in [1.54, 1.807) is 42.5 Å². The number of methoxy groups -OCH3 is 1. The van der Waals surface area contributed by atoms with Gasteiger partial charge in [0.15, 0.2) is 0 Å². The van der Waals surface area contributed by atoms with E-state index in [0.717, 1.165) is 0 Å². The molecule has 3 heterocycles. The number of ether oxygens (including phenoxy) is 1. The molecule has 0 amide bonds. The van der Waals surface area contributed by atoms with Gasteiger partial charge in [0.25, 0.3) is 5.56 Å². The topological polar surface area (TPSA) is 131 Å². The molecule has 0 unspecified atom stereocenters. The van der Waals surface area contributed by atoms with Crippen LogP contribution in [0.1, 0.15) is 34.0 Å². The summed E-state index contributed by atoms with van der Waals surface area (Å²) in [6.07, 6.45) is 1.23. The Morgan fingerprint density at radius 1 is 1.16 bits per heavy atom. The van der Waals surface area contributed by atoms with Crippen molar-refractivity contribution in [3.05, 3.63) is 88.0 Å². The van der Waals surface area contributed by atoms with Crippen LogP contribution < -0.4 is 5.56 Å². The summed E-state index contributed by atoms with van der Waals surface area (Å²) in [6.45, 7) is 0. The normalized spacial score (nSPS) is 11.9. The van der Waals surface area contributed by atoms with Gasteiger partial charge in [-0.2, -0.15) is 4.98 Å². The Labute approximate surface area is 181 Å². The minimum absolute atomic E-state index is 0.0844. The lowest BCUT2D eigenvalue weighted by molar-refractivity contribution is -0.140. The molecule has 32 heavy (non-hydrogen) atoms. The first-order chi connectivity index (χ1) is 15.4. The molecule has 0 fully saturated rings. The van der Waals surface area contributed by atoms with Crippen molar-refractivity contribution < 1.29 is 29.0 Å². The number of nitrogens with zero attached hydrogens (tertiary/aromatic N) is 2. The lowest BCUT2D eigenvalue weighted by Crippen LogP contribution is -2.24. The van der Waals surface area contributed by atoms with Crippen molar-refractivity contribution in [2.75, 3.05) is 7.11 Å². The highest BCUT2D eigenvalue weighted by Crippen LogP contribution is 2.34. The molecule has 3 aromatic heterocycles. The zero-order valence-corrected chi connectivity index (χ0v) is 16.9. The third-order valence-electron chi connectivity index (χ3n) is 5.06. The number of pyridine rings is 1. The Morgan fingerprint density at radius 2 is 1.97 bits per heavy atom. The first-order valence-electron chi connectivity index (χ1n) is 9.59. The molecule has 0 spiro atoms. The summed E-state index contributed by atoms with van der Waals surface area (Å²) >= 11 is 0. The number of carbonyl (C=O) groups is 2. The van der Waals surface area contributed by atoms with Crippen LogP contribution in [0.25, 0.3) is 17.0 Å². The quantitative estimate of drug-likeness (QED) is 0.443. The van der Waals surface area contributed by atoms with Crippen LogP contribution in [-0.2, 0) is 9.53 Å². The molecule has 2 N–H and O–H groups in total. The number of rotatable bonds is 6. The number of esters is 1. The molecular formula is C23H18N2O7. The Kier molecular flexibility index (Phi) is 5.46. The molecule has 0 aliphatic rings. The monoisotopic (exact) mass is 434 g/mol. The van der Waals surface area contributed by atoms with Gasteiger partial charge in [-0.1, -0.05) is 18.2 Å². The molecule has 162 valence electrons. The Hall–Kier alpha value is -4.40. The number of aromatic nitrogens is 2. The van der Waals surface area contributed by atoms with Crippen molar-refractivity contribution in [1.29, 1.82) is 0 Å². The summed E-state index contributed by atoms with van der Waals surface area (Å²) in [6, 6.07) is 14.2. The number of furan rings is 1. The van der Waals surface area contributed by atoms with Gasteiger partial charge < -0.3 is 19.4 Å². The SMILES string of the molecule is COC(=O)C[C@@H](c1ccc(-c2cccc(C(=O)O)c2)o1)c1c(O)nc2ccccn2c1=O. The Balaban J connectivity index is 1.84. The van der Waals surface area contributed by atoms with Crippen LogP contribution in [0, 0.1) is 0 Å². The Morgan fingerprint density at radius 3 is 2.72 bits per heavy atom. The van der Waals surface area contributed by atoms with Crippen molar-refractivity contribution in [3.63, 3.8) is 0 Å². The van der Waals surface area contributed by atoms with Crippen LogP contribution in [0.2, 0.25) is 0 Å². The second kappa shape index (κ2) is 8.38. The standard InChI is InChI=1S/C23H18N2O7/c1-31-19(26)12-15(20-21(27)24-18-7-2-3-10-25(18)22(20)28)17-9-8-16(32-17)13-5-4-6-14(11-13)23(29)30/h2-11,15,27H,12H2,1H3,(H,29,30)/t15-/m0/s1. The molecule has 9 heteroatoms. The lowest BCUT2D eigenvalue weighted by atomic mass is 9.94. The van der Waals surface area contributed by atoms with E-state index >= 15 is 0 Å². The summed E-state index contributed by atoms with van der Waals surface area (Å²) in [5.41, 5.74) is 0.181. The lowest BCUT2D eigenvalue weighted by Gasteiger charge is -2.15. The number of fused-ring (bicyclic) bond motifs is 1. The van der Waals surface area contributed by atoms with E-state index in [0.29, 0.717) is 11.3 Å². The zero-order valence-electron chi connectivity index (χ0n) is 16.9. The van der Waals surface area contributed by atoms with Crippen LogP contribution in [0.5, 0.6) is 5.88 Å². The molecule has 0 aliphatic heterocycles. The van der Waals surface area contributed by atoms with Crippen LogP contribution in [0.4, 0.5) is 0 Å². The largest absolute Gasteiger partial charge is 0.493 e. The third kappa shape index (κ3) is 3.83. The maximum atomic E-state index is 13.1. The molecule has 0 saturated carbocycles. The van der Waals surface area contributed by atoms with Crippen LogP contribution in [0.15, 0.2) is 70.0 Å². The second-order valence-electron chi connectivity index (χ2n) is 7.00. The van der Waals surface area contributed by atoms with Crippen molar-refractivity contribution in [1.82, 2.24) is 9.38 Å². The smallest absolute Gasteiger partial charge is 0.335 e. The predicted molar refractivity (Wildman–Crippen MR) is 113 cm³/mol. The van der Waals surface area contributed by atoms with Crippen LogP contribution in [0.3, 0.4) is 0 Å². The van der Waals surface area contributed by atoms with Gasteiger partial charge in [-0.15, -0.1) is 0 Å². The number of hydrogen-bond acceptors (Lipinski definition) is 7. The van der Waals surface area contributed by atoms with Gasteiger partial charge in [0.1, 0.15) is 17.2 Å². The maximum absolute atomic E-state index is 13.1. The fourth-order valence-corrected chi connectivity index (χ4v) is 3.49. The molecule has 0 bridgehead atoms. The molecular weight excluding hydrogens is 416 g/mol. The first-order valence-corrected chi connectivity index (χ1v) is 9.59. The number of benzene rings is 1. The zero-order chi connectivity index (χ0) is 22.8. The molecule has 0 radical (unpaired) electrons. The highest BCUT2D eigenvalue weighted by Gasteiger charge is 2.29. The number of carboxylic acids is 1. The van der Waals surface area contributed by atoms with E-state index in [2.05, 4.69) is 4.98 Å². The number of carboxylic acid groups (broad SMARTS) is 1. The molecule has 0 saturated heterocycles. The van der Waals surface area contributed by atoms with Gasteiger partial charge in [-0.25, -0.2) is 4.79 Å². The van der Waals surface area contributed by atoms with E-state index in [1.165, 1.54) is 29.8 Å². The van der Waals surface area contributed by atoms with E-state index < -0.39 is 29.3 Å². The number of carbonyl (C=O) groups excluding carboxylic acids is 1. The van der Waals surface area contributed by atoms with Gasteiger partial charge in [-0.05, 0) is 36.4 Å². The molecule has 4 aromatic rings. The van der Waals surface area contributed by atoms with Crippen molar-refractivity contribution in [2.45, 2.75) is 12.3 Å². The number of hydrogen-bond donors (Lipinski definition) is 2. The maximum Gasteiger partial charge on any atom is 0.335 e. The van der Waals surface area contributed by atoms with Crippen molar-refractivity contribution in [3.8, 4) is 17.2 Å². The van der Waals surface area contributed by atoms with E-state index in [1.807, 2.05) is 0 Å². The fraction of sp³-hybridized carbons (Fsp3) is 0.130. The highest BCUT2D eigenvalue weighted by molar-refractivity contribution is 5.89. The summed E-state index contributed by atoms with van der Waals surface area (Å²) in [5.74, 6) is -2.63.